The van der Waals surface area contributed by atoms with Crippen LogP contribution < -0.4 is 15.0 Å². The summed E-state index contributed by atoms with van der Waals surface area (Å²) in [6.45, 7) is 3.23. The second kappa shape index (κ2) is 9.46. The lowest BCUT2D eigenvalue weighted by atomic mass is 9.98. The van der Waals surface area contributed by atoms with Gasteiger partial charge in [0.2, 0.25) is 0 Å². The molecule has 1 saturated heterocycles. The van der Waals surface area contributed by atoms with Gasteiger partial charge >= 0.3 is 0 Å². The Morgan fingerprint density at radius 2 is 1.53 bits per heavy atom. The summed E-state index contributed by atoms with van der Waals surface area (Å²) in [5, 5.41) is 3.19. The third-order valence-electron chi connectivity index (χ3n) is 5.36. The molecule has 0 aliphatic carbocycles. The Balaban J connectivity index is 1.54. The van der Waals surface area contributed by atoms with Crippen molar-refractivity contribution in [3.05, 3.63) is 95.6 Å². The highest BCUT2D eigenvalue weighted by Crippen LogP contribution is 2.25. The number of nitrogens with zero attached hydrogens (tertiary/aromatic N) is 1. The van der Waals surface area contributed by atoms with E-state index in [2.05, 4.69) is 10.2 Å². The summed E-state index contributed by atoms with van der Waals surface area (Å²) in [5.41, 5.74) is 3.78. The van der Waals surface area contributed by atoms with Crippen molar-refractivity contribution in [3.8, 4) is 5.75 Å². The summed E-state index contributed by atoms with van der Waals surface area (Å²) in [7, 11) is 1.64. The monoisotopic (exact) mass is 402 g/mol. The fourth-order valence-electron chi connectivity index (χ4n) is 3.66. The molecule has 30 heavy (non-hydrogen) atoms. The number of carbonyl (C=O) groups is 1. The predicted octanol–water partition coefficient (Wildman–Crippen LogP) is 4.05. The summed E-state index contributed by atoms with van der Waals surface area (Å²) < 4.78 is 10.7. The number of ether oxygens (including phenoxy) is 2. The molecule has 3 aromatic rings. The number of nitrogens with one attached hydrogen (secondary N) is 1. The van der Waals surface area contributed by atoms with Crippen molar-refractivity contribution in [2.24, 2.45) is 0 Å². The lowest BCUT2D eigenvalue weighted by Crippen LogP contribution is -2.36. The van der Waals surface area contributed by atoms with Crippen LogP contribution in [0.3, 0.4) is 0 Å². The standard InChI is InChI=1S/C25H26N2O3/c1-29-23-13-9-20(10-14-23)24(19-5-3-2-4-6-19)26-25(28)21-7-11-22(12-8-21)27-15-17-30-18-16-27/h2-14,24H,15-18H2,1H3,(H,26,28). The van der Waals surface area contributed by atoms with Crippen LogP contribution in [-0.4, -0.2) is 39.3 Å². The number of benzene rings is 3. The summed E-state index contributed by atoms with van der Waals surface area (Å²) in [5.74, 6) is 0.684. The third kappa shape index (κ3) is 4.63. The maximum atomic E-state index is 13.0. The molecule has 0 saturated carbocycles. The van der Waals surface area contributed by atoms with Crippen LogP contribution in [0.25, 0.3) is 0 Å². The molecule has 1 amide bonds. The first kappa shape index (κ1) is 20.0. The highest BCUT2D eigenvalue weighted by molar-refractivity contribution is 5.95. The average Bonchev–Trinajstić information content (AvgIpc) is 2.84. The van der Waals surface area contributed by atoms with E-state index in [-0.39, 0.29) is 11.9 Å². The van der Waals surface area contributed by atoms with Crippen LogP contribution in [0.15, 0.2) is 78.9 Å². The first-order chi connectivity index (χ1) is 14.7. The molecule has 1 aliphatic rings. The zero-order chi connectivity index (χ0) is 20.8. The molecular weight excluding hydrogens is 376 g/mol. The number of rotatable bonds is 6. The topological polar surface area (TPSA) is 50.8 Å². The van der Waals surface area contributed by atoms with Crippen LogP contribution in [0.4, 0.5) is 5.69 Å². The maximum absolute atomic E-state index is 13.0. The molecule has 4 rings (SSSR count). The molecule has 3 aromatic carbocycles. The number of anilines is 1. The zero-order valence-electron chi connectivity index (χ0n) is 17.1. The molecule has 0 radical (unpaired) electrons. The molecule has 0 bridgehead atoms. The van der Waals surface area contributed by atoms with Crippen molar-refractivity contribution in [2.45, 2.75) is 6.04 Å². The minimum atomic E-state index is -0.247. The van der Waals surface area contributed by atoms with Crippen LogP contribution in [0.5, 0.6) is 5.75 Å². The Bertz CT molecular complexity index is 950. The number of morpholine rings is 1. The fourth-order valence-corrected chi connectivity index (χ4v) is 3.66. The highest BCUT2D eigenvalue weighted by atomic mass is 16.5. The molecule has 154 valence electrons. The van der Waals surface area contributed by atoms with Crippen molar-refractivity contribution < 1.29 is 14.3 Å². The van der Waals surface area contributed by atoms with Crippen molar-refractivity contribution in [1.82, 2.24) is 5.32 Å². The molecular formula is C25H26N2O3. The van der Waals surface area contributed by atoms with E-state index in [1.54, 1.807) is 7.11 Å². The third-order valence-corrected chi connectivity index (χ3v) is 5.36. The SMILES string of the molecule is COc1ccc(C(NC(=O)c2ccc(N3CCOCC3)cc2)c2ccccc2)cc1. The van der Waals surface area contributed by atoms with Crippen LogP contribution in [0.1, 0.15) is 27.5 Å². The number of hydrogen-bond donors (Lipinski definition) is 1. The molecule has 1 atom stereocenters. The van der Waals surface area contributed by atoms with Gasteiger partial charge in [0, 0.05) is 24.3 Å². The van der Waals surface area contributed by atoms with Gasteiger partial charge in [-0.3, -0.25) is 4.79 Å². The minimum Gasteiger partial charge on any atom is -0.497 e. The van der Waals surface area contributed by atoms with Gasteiger partial charge in [0.25, 0.3) is 5.91 Å². The van der Waals surface area contributed by atoms with Gasteiger partial charge in [0.05, 0.1) is 26.4 Å². The summed E-state index contributed by atoms with van der Waals surface area (Å²) in [4.78, 5) is 15.3. The highest BCUT2D eigenvalue weighted by Gasteiger charge is 2.18. The van der Waals surface area contributed by atoms with Crippen LogP contribution in [0.2, 0.25) is 0 Å². The molecule has 0 aromatic heterocycles. The number of carbonyl (C=O) groups excluding carboxylic acids is 1. The fraction of sp³-hybridized carbons (Fsp3) is 0.240. The van der Waals surface area contributed by atoms with Gasteiger partial charge in [-0.05, 0) is 47.5 Å². The maximum Gasteiger partial charge on any atom is 0.252 e. The van der Waals surface area contributed by atoms with Crippen LogP contribution in [-0.2, 0) is 4.74 Å². The van der Waals surface area contributed by atoms with Gasteiger partial charge in [-0.25, -0.2) is 0 Å². The first-order valence-electron chi connectivity index (χ1n) is 10.2. The second-order valence-electron chi connectivity index (χ2n) is 7.24. The molecule has 5 heteroatoms. The van der Waals surface area contributed by atoms with E-state index in [4.69, 9.17) is 9.47 Å². The van der Waals surface area contributed by atoms with Gasteiger partial charge < -0.3 is 19.7 Å². The van der Waals surface area contributed by atoms with Gasteiger partial charge in [-0.1, -0.05) is 42.5 Å². The summed E-state index contributed by atoms with van der Waals surface area (Å²) >= 11 is 0. The van der Waals surface area contributed by atoms with Crippen molar-refractivity contribution >= 4 is 11.6 Å². The second-order valence-corrected chi connectivity index (χ2v) is 7.24. The van der Waals surface area contributed by atoms with Crippen molar-refractivity contribution in [2.75, 3.05) is 38.3 Å². The van der Waals surface area contributed by atoms with E-state index in [0.29, 0.717) is 5.56 Å². The number of methoxy groups -OCH3 is 1. The Kier molecular flexibility index (Phi) is 6.30. The van der Waals surface area contributed by atoms with Crippen molar-refractivity contribution in [1.29, 1.82) is 0 Å². The van der Waals surface area contributed by atoms with Gasteiger partial charge in [-0.15, -0.1) is 0 Å². The zero-order valence-corrected chi connectivity index (χ0v) is 17.1. The smallest absolute Gasteiger partial charge is 0.252 e. The first-order valence-corrected chi connectivity index (χ1v) is 10.2. The van der Waals surface area contributed by atoms with E-state index >= 15 is 0 Å². The van der Waals surface area contributed by atoms with Crippen LogP contribution in [0, 0.1) is 0 Å². The lowest BCUT2D eigenvalue weighted by Gasteiger charge is -2.29. The van der Waals surface area contributed by atoms with Gasteiger partial charge in [0.1, 0.15) is 5.75 Å². The quantitative estimate of drug-likeness (QED) is 0.676. The molecule has 1 fully saturated rings. The lowest BCUT2D eigenvalue weighted by molar-refractivity contribution is 0.0943. The molecule has 5 nitrogen and oxygen atoms in total. The summed E-state index contributed by atoms with van der Waals surface area (Å²) in [6.07, 6.45) is 0. The normalized spacial score (nSPS) is 14.8. The number of hydrogen-bond acceptors (Lipinski definition) is 4. The minimum absolute atomic E-state index is 0.104. The Morgan fingerprint density at radius 1 is 0.900 bits per heavy atom. The van der Waals surface area contributed by atoms with E-state index < -0.39 is 0 Å². The van der Waals surface area contributed by atoms with Crippen LogP contribution >= 0.6 is 0 Å². The van der Waals surface area contributed by atoms with Crippen molar-refractivity contribution in [3.63, 3.8) is 0 Å². The van der Waals surface area contributed by atoms with Gasteiger partial charge in [-0.2, -0.15) is 0 Å². The molecule has 1 unspecified atom stereocenters. The van der Waals surface area contributed by atoms with E-state index in [1.807, 2.05) is 78.9 Å². The van der Waals surface area contributed by atoms with E-state index in [9.17, 15) is 4.79 Å². The Hall–Kier alpha value is -3.31. The Morgan fingerprint density at radius 3 is 2.17 bits per heavy atom. The molecule has 1 aliphatic heterocycles. The largest absolute Gasteiger partial charge is 0.497 e. The molecule has 0 spiro atoms. The summed E-state index contributed by atoms with van der Waals surface area (Å²) in [6, 6.07) is 25.3. The number of amides is 1. The average molecular weight is 402 g/mol. The Labute approximate surface area is 177 Å². The molecule has 1 N–H and O–H groups in total. The molecule has 1 heterocycles. The predicted molar refractivity (Wildman–Crippen MR) is 118 cm³/mol. The van der Waals surface area contributed by atoms with E-state index in [0.717, 1.165) is 48.9 Å². The van der Waals surface area contributed by atoms with E-state index in [1.165, 1.54) is 0 Å². The van der Waals surface area contributed by atoms with Gasteiger partial charge in [0.15, 0.2) is 0 Å².